The Morgan fingerprint density at radius 1 is 1.00 bits per heavy atom. The van der Waals surface area contributed by atoms with Crippen molar-refractivity contribution in [1.82, 2.24) is 34.4 Å². The van der Waals surface area contributed by atoms with Crippen LogP contribution in [0, 0.1) is 6.92 Å². The van der Waals surface area contributed by atoms with Crippen LogP contribution < -0.4 is 9.47 Å². The number of thiazole rings is 1. The van der Waals surface area contributed by atoms with Gasteiger partial charge in [-0.25, -0.2) is 19.6 Å². The number of methoxy groups -OCH3 is 3. The largest absolute Gasteiger partial charge is 0.497 e. The lowest BCUT2D eigenvalue weighted by atomic mass is 10.1. The van der Waals surface area contributed by atoms with Crippen molar-refractivity contribution in [1.29, 1.82) is 0 Å². The molecule has 13 nitrogen and oxygen atoms in total. The van der Waals surface area contributed by atoms with Crippen LogP contribution in [0.5, 0.6) is 11.5 Å². The van der Waals surface area contributed by atoms with E-state index in [0.717, 1.165) is 21.8 Å². The molecule has 0 saturated carbocycles. The average Bonchev–Trinajstić information content (AvgIpc) is 3.75. The number of amides is 1. The van der Waals surface area contributed by atoms with E-state index in [1.54, 1.807) is 49.2 Å². The lowest BCUT2D eigenvalue weighted by Crippen LogP contribution is -2.36. The number of fused-ring (bicyclic) bond motifs is 1. The van der Waals surface area contributed by atoms with E-state index in [9.17, 15) is 9.59 Å². The van der Waals surface area contributed by atoms with E-state index in [1.807, 2.05) is 57.5 Å². The molecule has 0 unspecified atom stereocenters. The molecule has 47 heavy (non-hydrogen) atoms. The van der Waals surface area contributed by atoms with Crippen molar-refractivity contribution in [2.45, 2.75) is 59.9 Å². The third-order valence-electron chi connectivity index (χ3n) is 7.32. The summed E-state index contributed by atoms with van der Waals surface area (Å²) in [6.07, 6.45) is 1.17. The normalized spacial score (nSPS) is 11.5. The van der Waals surface area contributed by atoms with Crippen molar-refractivity contribution in [3.63, 3.8) is 0 Å². The van der Waals surface area contributed by atoms with Crippen LogP contribution in [-0.2, 0) is 36.2 Å². The molecule has 0 fully saturated rings. The number of benzene rings is 1. The zero-order valence-electron chi connectivity index (χ0n) is 28.1. The summed E-state index contributed by atoms with van der Waals surface area (Å²) >= 11 is 1.42. The van der Waals surface area contributed by atoms with Crippen LogP contribution in [-0.4, -0.2) is 73.4 Å². The molecule has 5 rings (SSSR count). The van der Waals surface area contributed by atoms with E-state index in [0.29, 0.717) is 45.3 Å². The van der Waals surface area contributed by atoms with Gasteiger partial charge in [-0.1, -0.05) is 0 Å². The van der Waals surface area contributed by atoms with Gasteiger partial charge < -0.3 is 18.9 Å². The second-order valence-corrected chi connectivity index (χ2v) is 12.9. The van der Waals surface area contributed by atoms with Gasteiger partial charge in [-0.05, 0) is 58.9 Å². The Kier molecular flexibility index (Phi) is 9.52. The Morgan fingerprint density at radius 3 is 2.43 bits per heavy atom. The summed E-state index contributed by atoms with van der Waals surface area (Å²) in [7, 11) is 6.25. The Hall–Kier alpha value is -4.98. The quantitative estimate of drug-likeness (QED) is 0.163. The van der Waals surface area contributed by atoms with Crippen molar-refractivity contribution >= 4 is 34.3 Å². The Balaban J connectivity index is 1.70. The highest BCUT2D eigenvalue weighted by Crippen LogP contribution is 2.38. The number of nitrogens with zero attached hydrogens (tertiary/aromatic N) is 7. The molecule has 0 saturated heterocycles. The van der Waals surface area contributed by atoms with E-state index < -0.39 is 17.7 Å². The fraction of sp³-hybridized carbons (Fsp3) is 0.394. The standard InChI is InChI=1S/C33H39N7O6S/c1-10-40-25(13-19(2)37-40)30-36-29(28-22-16-34-38(6)24(22)15-23(35-28)31(41)45-9)27(47-30)18-39(32(42)46-33(3,4)5)17-20-11-12-21(43-7)14-26(20)44-8/h11-16H,10,17-18H2,1-9H3. The number of aromatic nitrogens is 6. The summed E-state index contributed by atoms with van der Waals surface area (Å²) in [6.45, 7) is 10.3. The highest BCUT2D eigenvalue weighted by Gasteiger charge is 2.29. The zero-order valence-corrected chi connectivity index (χ0v) is 28.9. The van der Waals surface area contributed by atoms with Crippen molar-refractivity contribution in [2.75, 3.05) is 21.3 Å². The van der Waals surface area contributed by atoms with Gasteiger partial charge in [-0.2, -0.15) is 10.2 Å². The number of hydrogen-bond donors (Lipinski definition) is 0. The second-order valence-electron chi connectivity index (χ2n) is 11.8. The predicted octanol–water partition coefficient (Wildman–Crippen LogP) is 6.02. The van der Waals surface area contributed by atoms with Crippen molar-refractivity contribution in [3.05, 3.63) is 58.4 Å². The molecule has 0 atom stereocenters. The van der Waals surface area contributed by atoms with Gasteiger partial charge in [0.15, 0.2) is 5.69 Å². The topological polar surface area (TPSA) is 136 Å². The summed E-state index contributed by atoms with van der Waals surface area (Å²) in [4.78, 5) is 38.7. The van der Waals surface area contributed by atoms with Gasteiger partial charge in [0, 0.05) is 30.6 Å². The summed E-state index contributed by atoms with van der Waals surface area (Å²) in [6, 6.07) is 9.06. The Labute approximate surface area is 277 Å². The number of hydrogen-bond acceptors (Lipinski definition) is 11. The molecule has 0 aliphatic heterocycles. The van der Waals surface area contributed by atoms with Crippen LogP contribution in [0.1, 0.15) is 54.3 Å². The van der Waals surface area contributed by atoms with Crippen LogP contribution >= 0.6 is 11.3 Å². The summed E-state index contributed by atoms with van der Waals surface area (Å²) < 4.78 is 25.5. The first-order valence-corrected chi connectivity index (χ1v) is 15.8. The number of rotatable bonds is 10. The minimum absolute atomic E-state index is 0.112. The fourth-order valence-electron chi connectivity index (χ4n) is 5.12. The molecule has 0 bridgehead atoms. The highest BCUT2D eigenvalue weighted by atomic mass is 32.1. The van der Waals surface area contributed by atoms with Gasteiger partial charge >= 0.3 is 12.1 Å². The maximum atomic E-state index is 13.8. The summed E-state index contributed by atoms with van der Waals surface area (Å²) in [5, 5.41) is 10.4. The average molecular weight is 662 g/mol. The molecule has 5 aromatic rings. The number of esters is 1. The summed E-state index contributed by atoms with van der Waals surface area (Å²) in [5.41, 5.74) is 3.43. The van der Waals surface area contributed by atoms with E-state index in [1.165, 1.54) is 18.4 Å². The number of carbonyl (C=O) groups is 2. The number of aryl methyl sites for hydroxylation is 3. The van der Waals surface area contributed by atoms with Crippen LogP contribution in [0.25, 0.3) is 33.0 Å². The summed E-state index contributed by atoms with van der Waals surface area (Å²) in [5.74, 6) is 0.603. The van der Waals surface area contributed by atoms with Crippen molar-refractivity contribution in [3.8, 4) is 33.6 Å². The predicted molar refractivity (Wildman–Crippen MR) is 178 cm³/mol. The minimum Gasteiger partial charge on any atom is -0.497 e. The van der Waals surface area contributed by atoms with Crippen LogP contribution in [0.15, 0.2) is 36.5 Å². The second kappa shape index (κ2) is 13.4. The molecule has 0 aliphatic carbocycles. The molecule has 0 N–H and O–H groups in total. The third kappa shape index (κ3) is 7.07. The Morgan fingerprint density at radius 2 is 1.77 bits per heavy atom. The first kappa shape index (κ1) is 33.4. The molecule has 0 spiro atoms. The smallest absolute Gasteiger partial charge is 0.410 e. The molecular weight excluding hydrogens is 622 g/mol. The third-order valence-corrected chi connectivity index (χ3v) is 8.39. The first-order valence-electron chi connectivity index (χ1n) is 15.0. The van der Waals surface area contributed by atoms with Crippen molar-refractivity contribution < 1.29 is 28.5 Å². The lowest BCUT2D eigenvalue weighted by Gasteiger charge is -2.28. The molecule has 1 aromatic carbocycles. The highest BCUT2D eigenvalue weighted by molar-refractivity contribution is 7.15. The molecule has 4 aromatic heterocycles. The van der Waals surface area contributed by atoms with Crippen LogP contribution in [0.2, 0.25) is 0 Å². The first-order chi connectivity index (χ1) is 22.3. The van der Waals surface area contributed by atoms with E-state index >= 15 is 0 Å². The number of carbonyl (C=O) groups excluding carboxylic acids is 2. The van der Waals surface area contributed by atoms with Gasteiger partial charge in [-0.15, -0.1) is 11.3 Å². The Bertz CT molecular complexity index is 1940. The minimum atomic E-state index is -0.746. The fourth-order valence-corrected chi connectivity index (χ4v) is 6.22. The van der Waals surface area contributed by atoms with E-state index in [2.05, 4.69) is 10.2 Å². The lowest BCUT2D eigenvalue weighted by molar-refractivity contribution is 0.0217. The molecule has 0 radical (unpaired) electrons. The monoisotopic (exact) mass is 661 g/mol. The zero-order chi connectivity index (χ0) is 34.0. The molecule has 14 heteroatoms. The van der Waals surface area contributed by atoms with E-state index in [-0.39, 0.29) is 18.8 Å². The SMILES string of the molecule is CCn1nc(C)cc1-c1nc(-c2nc(C(=O)OC)cc3c2cnn3C)c(CN(Cc2ccc(OC)cc2OC)C(=O)OC(C)(C)C)s1. The van der Waals surface area contributed by atoms with Gasteiger partial charge in [0.2, 0.25) is 0 Å². The number of ether oxygens (including phenoxy) is 4. The van der Waals surface area contributed by atoms with Gasteiger partial charge in [-0.3, -0.25) is 14.3 Å². The molecule has 4 heterocycles. The maximum absolute atomic E-state index is 13.8. The molecule has 248 valence electrons. The van der Waals surface area contributed by atoms with Crippen molar-refractivity contribution in [2.24, 2.45) is 7.05 Å². The molecule has 1 amide bonds. The van der Waals surface area contributed by atoms with Crippen LogP contribution in [0.3, 0.4) is 0 Å². The van der Waals surface area contributed by atoms with Gasteiger partial charge in [0.1, 0.15) is 33.5 Å². The number of pyridine rings is 1. The van der Waals surface area contributed by atoms with Gasteiger partial charge in [0.25, 0.3) is 0 Å². The van der Waals surface area contributed by atoms with Gasteiger partial charge in [0.05, 0.1) is 62.4 Å². The maximum Gasteiger partial charge on any atom is 0.410 e. The van der Waals surface area contributed by atoms with Crippen LogP contribution in [0.4, 0.5) is 4.79 Å². The van der Waals surface area contributed by atoms with E-state index in [4.69, 9.17) is 28.9 Å². The molecule has 0 aliphatic rings. The molecular formula is C33H39N7O6S.